The summed E-state index contributed by atoms with van der Waals surface area (Å²) in [7, 11) is 0. The molecule has 1 atom stereocenters. The molecule has 0 aromatic carbocycles. The second-order valence-corrected chi connectivity index (χ2v) is 3.28. The normalized spacial score (nSPS) is 18.6. The van der Waals surface area contributed by atoms with E-state index in [4.69, 9.17) is 5.73 Å². The first-order valence-electron chi connectivity index (χ1n) is 4.55. The van der Waals surface area contributed by atoms with Gasteiger partial charge < -0.3 is 15.8 Å². The minimum atomic E-state index is -0.397. The van der Waals surface area contributed by atoms with Gasteiger partial charge in [0.1, 0.15) is 6.29 Å². The SMILES string of the molecule is CC1=C(NC[C@H](N)C=O)CCC=C1. The molecule has 0 saturated carbocycles. The summed E-state index contributed by atoms with van der Waals surface area (Å²) in [5, 5.41) is 3.19. The van der Waals surface area contributed by atoms with Crippen LogP contribution in [0.3, 0.4) is 0 Å². The highest BCUT2D eigenvalue weighted by molar-refractivity contribution is 5.57. The number of nitrogens with one attached hydrogen (secondary N) is 1. The van der Waals surface area contributed by atoms with E-state index in [0.717, 1.165) is 19.1 Å². The van der Waals surface area contributed by atoms with Gasteiger partial charge >= 0.3 is 0 Å². The molecular formula is C10H16N2O. The van der Waals surface area contributed by atoms with Crippen molar-refractivity contribution in [2.24, 2.45) is 5.73 Å². The Labute approximate surface area is 78.7 Å². The maximum Gasteiger partial charge on any atom is 0.138 e. The highest BCUT2D eigenvalue weighted by Gasteiger charge is 2.05. The van der Waals surface area contributed by atoms with Gasteiger partial charge in [0.25, 0.3) is 0 Å². The highest BCUT2D eigenvalue weighted by atomic mass is 16.1. The number of allylic oxidation sites excluding steroid dienone is 4. The molecule has 0 unspecified atom stereocenters. The molecule has 0 amide bonds. The van der Waals surface area contributed by atoms with Gasteiger partial charge in [-0.2, -0.15) is 0 Å². The number of carbonyl (C=O) groups is 1. The van der Waals surface area contributed by atoms with Crippen molar-refractivity contribution in [1.29, 1.82) is 0 Å². The summed E-state index contributed by atoms with van der Waals surface area (Å²) in [6.07, 6.45) is 7.10. The molecule has 0 heterocycles. The quantitative estimate of drug-likeness (QED) is 0.627. The van der Waals surface area contributed by atoms with Crippen LogP contribution in [0.1, 0.15) is 19.8 Å². The monoisotopic (exact) mass is 180 g/mol. The third-order valence-corrected chi connectivity index (χ3v) is 2.13. The standard InChI is InChI=1S/C10H16N2O/c1-8-4-2-3-5-10(8)12-6-9(11)7-13/h2,4,7,9,12H,3,5-6,11H2,1H3/t9-/m0/s1. The molecule has 3 nitrogen and oxygen atoms in total. The first-order chi connectivity index (χ1) is 6.24. The van der Waals surface area contributed by atoms with Crippen LogP contribution in [-0.4, -0.2) is 18.9 Å². The number of carbonyl (C=O) groups excluding carboxylic acids is 1. The van der Waals surface area contributed by atoms with Crippen molar-refractivity contribution in [3.8, 4) is 0 Å². The minimum absolute atomic E-state index is 0.397. The summed E-state index contributed by atoms with van der Waals surface area (Å²) in [4.78, 5) is 10.3. The van der Waals surface area contributed by atoms with Crippen LogP contribution in [0.25, 0.3) is 0 Å². The van der Waals surface area contributed by atoms with Gasteiger partial charge in [-0.3, -0.25) is 0 Å². The van der Waals surface area contributed by atoms with Crippen molar-refractivity contribution in [2.75, 3.05) is 6.54 Å². The lowest BCUT2D eigenvalue weighted by molar-refractivity contribution is -0.108. The Morgan fingerprint density at radius 1 is 1.77 bits per heavy atom. The van der Waals surface area contributed by atoms with E-state index >= 15 is 0 Å². The summed E-state index contributed by atoms with van der Waals surface area (Å²) >= 11 is 0. The van der Waals surface area contributed by atoms with Crippen LogP contribution >= 0.6 is 0 Å². The van der Waals surface area contributed by atoms with Gasteiger partial charge in [0, 0.05) is 12.2 Å². The van der Waals surface area contributed by atoms with Crippen LogP contribution in [0.5, 0.6) is 0 Å². The van der Waals surface area contributed by atoms with Gasteiger partial charge in [-0.25, -0.2) is 0 Å². The van der Waals surface area contributed by atoms with Crippen molar-refractivity contribution in [2.45, 2.75) is 25.8 Å². The summed E-state index contributed by atoms with van der Waals surface area (Å²) in [5.74, 6) is 0. The third kappa shape index (κ3) is 3.03. The largest absolute Gasteiger partial charge is 0.386 e. The van der Waals surface area contributed by atoms with E-state index in [9.17, 15) is 4.79 Å². The second kappa shape index (κ2) is 4.82. The topological polar surface area (TPSA) is 55.1 Å². The zero-order valence-corrected chi connectivity index (χ0v) is 7.92. The average molecular weight is 180 g/mol. The van der Waals surface area contributed by atoms with Crippen LogP contribution in [-0.2, 0) is 4.79 Å². The highest BCUT2D eigenvalue weighted by Crippen LogP contribution is 2.15. The molecule has 0 radical (unpaired) electrons. The first kappa shape index (κ1) is 9.99. The Hall–Kier alpha value is -1.09. The van der Waals surface area contributed by atoms with Gasteiger partial charge in [-0.05, 0) is 25.3 Å². The molecule has 3 N–H and O–H groups in total. The Morgan fingerprint density at radius 3 is 3.15 bits per heavy atom. The molecule has 1 aliphatic carbocycles. The van der Waals surface area contributed by atoms with Crippen molar-refractivity contribution in [3.05, 3.63) is 23.4 Å². The van der Waals surface area contributed by atoms with E-state index in [0.29, 0.717) is 6.54 Å². The molecule has 0 fully saturated rings. The molecule has 72 valence electrons. The summed E-state index contributed by atoms with van der Waals surface area (Å²) in [5.41, 5.74) is 7.91. The van der Waals surface area contributed by atoms with E-state index in [1.807, 2.05) is 0 Å². The molecule has 0 saturated heterocycles. The van der Waals surface area contributed by atoms with E-state index in [1.165, 1.54) is 11.3 Å². The first-order valence-corrected chi connectivity index (χ1v) is 4.55. The Balaban J connectivity index is 2.43. The van der Waals surface area contributed by atoms with Crippen molar-refractivity contribution in [1.82, 2.24) is 5.32 Å². The molecule has 1 rings (SSSR count). The molecule has 0 aromatic rings. The molecule has 13 heavy (non-hydrogen) atoms. The zero-order valence-electron chi connectivity index (χ0n) is 7.92. The van der Waals surface area contributed by atoms with Crippen LogP contribution in [0.4, 0.5) is 0 Å². The van der Waals surface area contributed by atoms with Crippen molar-refractivity contribution >= 4 is 6.29 Å². The van der Waals surface area contributed by atoms with E-state index in [1.54, 1.807) is 0 Å². The van der Waals surface area contributed by atoms with Crippen LogP contribution in [0, 0.1) is 0 Å². The lowest BCUT2D eigenvalue weighted by atomic mass is 10.0. The summed E-state index contributed by atoms with van der Waals surface area (Å²) in [6.45, 7) is 2.59. The van der Waals surface area contributed by atoms with E-state index < -0.39 is 6.04 Å². The summed E-state index contributed by atoms with van der Waals surface area (Å²) < 4.78 is 0. The van der Waals surface area contributed by atoms with Gasteiger partial charge in [0.15, 0.2) is 0 Å². The van der Waals surface area contributed by atoms with Crippen LogP contribution in [0.15, 0.2) is 23.4 Å². The average Bonchev–Trinajstić information content (AvgIpc) is 2.16. The zero-order chi connectivity index (χ0) is 9.68. The van der Waals surface area contributed by atoms with Crippen molar-refractivity contribution < 1.29 is 4.79 Å². The van der Waals surface area contributed by atoms with Crippen molar-refractivity contribution in [3.63, 3.8) is 0 Å². The fraction of sp³-hybridized carbons (Fsp3) is 0.500. The van der Waals surface area contributed by atoms with Gasteiger partial charge in [-0.15, -0.1) is 0 Å². The molecule has 3 heteroatoms. The third-order valence-electron chi connectivity index (χ3n) is 2.13. The van der Waals surface area contributed by atoms with Crippen LogP contribution in [0.2, 0.25) is 0 Å². The van der Waals surface area contributed by atoms with E-state index in [-0.39, 0.29) is 0 Å². The molecule has 0 aromatic heterocycles. The van der Waals surface area contributed by atoms with Crippen LogP contribution < -0.4 is 11.1 Å². The Kier molecular flexibility index (Phi) is 3.71. The molecule has 0 spiro atoms. The second-order valence-electron chi connectivity index (χ2n) is 3.28. The van der Waals surface area contributed by atoms with Gasteiger partial charge in [0.05, 0.1) is 6.04 Å². The summed E-state index contributed by atoms with van der Waals surface area (Å²) in [6, 6.07) is -0.397. The maximum atomic E-state index is 10.3. The lowest BCUT2D eigenvalue weighted by Crippen LogP contribution is -2.35. The molecule has 0 bridgehead atoms. The Bertz CT molecular complexity index is 243. The number of nitrogens with two attached hydrogens (primary N) is 1. The predicted octanol–water partition coefficient (Wildman–Crippen LogP) is 0.726. The fourth-order valence-corrected chi connectivity index (χ4v) is 1.30. The predicted molar refractivity (Wildman–Crippen MR) is 53.1 cm³/mol. The smallest absolute Gasteiger partial charge is 0.138 e. The number of aldehydes is 1. The maximum absolute atomic E-state index is 10.3. The number of rotatable bonds is 4. The van der Waals surface area contributed by atoms with E-state index in [2.05, 4.69) is 24.4 Å². The molecular weight excluding hydrogens is 164 g/mol. The molecule has 0 aliphatic heterocycles. The van der Waals surface area contributed by atoms with Gasteiger partial charge in [-0.1, -0.05) is 12.2 Å². The molecule has 1 aliphatic rings. The Morgan fingerprint density at radius 2 is 2.54 bits per heavy atom. The van der Waals surface area contributed by atoms with Gasteiger partial charge in [0.2, 0.25) is 0 Å². The lowest BCUT2D eigenvalue weighted by Gasteiger charge is -2.16. The number of hydrogen-bond donors (Lipinski definition) is 2. The fourth-order valence-electron chi connectivity index (χ4n) is 1.30. The number of hydrogen-bond acceptors (Lipinski definition) is 3. The minimum Gasteiger partial charge on any atom is -0.386 e.